The Bertz CT molecular complexity index is 612. The topological polar surface area (TPSA) is 104 Å². The van der Waals surface area contributed by atoms with E-state index in [1.807, 2.05) is 0 Å². The molecule has 0 unspecified atom stereocenters. The van der Waals surface area contributed by atoms with Crippen LogP contribution < -0.4 is 5.32 Å². The number of carboxylic acids is 2. The third-order valence-corrected chi connectivity index (χ3v) is 4.28. The minimum atomic E-state index is -1.21. The van der Waals surface area contributed by atoms with E-state index in [4.69, 9.17) is 10.2 Å². The van der Waals surface area contributed by atoms with Gasteiger partial charge >= 0.3 is 11.9 Å². The summed E-state index contributed by atoms with van der Waals surface area (Å²) in [5.41, 5.74) is -0.151. The first kappa shape index (κ1) is 21.7. The number of rotatable bonds is 13. The number of unbranched alkanes of at least 4 members (excludes halogenated alkanes) is 8. The van der Waals surface area contributed by atoms with E-state index in [9.17, 15) is 14.4 Å². The van der Waals surface area contributed by atoms with E-state index < -0.39 is 11.9 Å². The van der Waals surface area contributed by atoms with Gasteiger partial charge in [-0.05, 0) is 24.6 Å². The van der Waals surface area contributed by atoms with Crippen LogP contribution in [-0.2, 0) is 4.79 Å². The number of hydrogen-bond donors (Lipinski definition) is 3. The Labute approximate surface area is 154 Å². The van der Waals surface area contributed by atoms with Gasteiger partial charge in [0.1, 0.15) is 0 Å². The van der Waals surface area contributed by atoms with Crippen molar-refractivity contribution < 1.29 is 24.6 Å². The van der Waals surface area contributed by atoms with Gasteiger partial charge in [0.25, 0.3) is 0 Å². The second-order valence-corrected chi connectivity index (χ2v) is 6.50. The van der Waals surface area contributed by atoms with Crippen LogP contribution in [0.5, 0.6) is 0 Å². The van der Waals surface area contributed by atoms with E-state index in [2.05, 4.69) is 12.2 Å². The molecule has 0 spiro atoms. The summed E-state index contributed by atoms with van der Waals surface area (Å²) in [5, 5.41) is 20.7. The van der Waals surface area contributed by atoms with Crippen molar-refractivity contribution in [3.05, 3.63) is 29.3 Å². The summed E-state index contributed by atoms with van der Waals surface area (Å²) in [6.07, 6.45) is 10.6. The van der Waals surface area contributed by atoms with Crippen molar-refractivity contribution >= 4 is 23.5 Å². The van der Waals surface area contributed by atoms with Crippen LogP contribution in [0, 0.1) is 0 Å². The number of carbonyl (C=O) groups excluding carboxylic acids is 1. The van der Waals surface area contributed by atoms with Gasteiger partial charge in [0.15, 0.2) is 0 Å². The van der Waals surface area contributed by atoms with Crippen LogP contribution in [0.15, 0.2) is 18.2 Å². The molecule has 0 radical (unpaired) electrons. The SMILES string of the molecule is CCCCCCCCCCCC(=O)Nc1cc(C(=O)O)ccc1C(=O)O. The number of carboxylic acid groups (broad SMARTS) is 2. The van der Waals surface area contributed by atoms with Crippen molar-refractivity contribution in [1.29, 1.82) is 0 Å². The second-order valence-electron chi connectivity index (χ2n) is 6.50. The Morgan fingerprint density at radius 1 is 0.846 bits per heavy atom. The Hall–Kier alpha value is -2.37. The Morgan fingerprint density at radius 3 is 1.96 bits per heavy atom. The molecule has 6 heteroatoms. The van der Waals surface area contributed by atoms with Gasteiger partial charge in [-0.15, -0.1) is 0 Å². The van der Waals surface area contributed by atoms with Gasteiger partial charge in [-0.1, -0.05) is 58.3 Å². The van der Waals surface area contributed by atoms with Crippen LogP contribution in [0.25, 0.3) is 0 Å². The minimum Gasteiger partial charge on any atom is -0.478 e. The highest BCUT2D eigenvalue weighted by molar-refractivity contribution is 6.02. The third kappa shape index (κ3) is 8.14. The van der Waals surface area contributed by atoms with Crippen LogP contribution in [0.4, 0.5) is 5.69 Å². The second kappa shape index (κ2) is 12.1. The molecule has 1 aromatic rings. The van der Waals surface area contributed by atoms with Gasteiger partial charge in [0.05, 0.1) is 16.8 Å². The summed E-state index contributed by atoms with van der Waals surface area (Å²) in [6.45, 7) is 2.20. The average Bonchev–Trinajstić information content (AvgIpc) is 2.60. The predicted molar refractivity (Wildman–Crippen MR) is 101 cm³/mol. The molecule has 0 aliphatic heterocycles. The molecule has 0 aromatic heterocycles. The predicted octanol–water partition coefficient (Wildman–Crippen LogP) is 4.94. The lowest BCUT2D eigenvalue weighted by Gasteiger charge is -2.09. The van der Waals surface area contributed by atoms with E-state index in [-0.39, 0.29) is 22.7 Å². The van der Waals surface area contributed by atoms with E-state index >= 15 is 0 Å². The quantitative estimate of drug-likeness (QED) is 0.431. The molecular formula is C20H29NO5. The Balaban J connectivity index is 2.37. The maximum absolute atomic E-state index is 12.0. The number of amides is 1. The molecule has 0 fully saturated rings. The fraction of sp³-hybridized carbons (Fsp3) is 0.550. The van der Waals surface area contributed by atoms with Crippen molar-refractivity contribution in [2.45, 2.75) is 71.1 Å². The lowest BCUT2D eigenvalue weighted by Crippen LogP contribution is -2.15. The van der Waals surface area contributed by atoms with Gasteiger partial charge in [-0.25, -0.2) is 9.59 Å². The summed E-state index contributed by atoms with van der Waals surface area (Å²) in [5.74, 6) is -2.67. The number of hydrogen-bond acceptors (Lipinski definition) is 3. The fourth-order valence-electron chi connectivity index (χ4n) is 2.78. The van der Waals surface area contributed by atoms with Gasteiger partial charge in [0, 0.05) is 6.42 Å². The first-order chi connectivity index (χ1) is 12.5. The van der Waals surface area contributed by atoms with Gasteiger partial charge in [-0.2, -0.15) is 0 Å². The molecular weight excluding hydrogens is 334 g/mol. The summed E-state index contributed by atoms with van der Waals surface area (Å²) in [7, 11) is 0. The van der Waals surface area contributed by atoms with E-state index in [0.29, 0.717) is 6.42 Å². The zero-order valence-electron chi connectivity index (χ0n) is 15.4. The standard InChI is InChI=1S/C20H29NO5/c1-2-3-4-5-6-7-8-9-10-11-18(22)21-17-14-15(19(23)24)12-13-16(17)20(25)26/h12-14H,2-11H2,1H3,(H,21,22)(H,23,24)(H,25,26). The average molecular weight is 363 g/mol. The normalized spacial score (nSPS) is 10.5. The van der Waals surface area contributed by atoms with Gasteiger partial charge in [0.2, 0.25) is 5.91 Å². The lowest BCUT2D eigenvalue weighted by atomic mass is 10.1. The van der Waals surface area contributed by atoms with Crippen molar-refractivity contribution in [2.24, 2.45) is 0 Å². The van der Waals surface area contributed by atoms with Crippen LogP contribution >= 0.6 is 0 Å². The molecule has 1 aromatic carbocycles. The van der Waals surface area contributed by atoms with Crippen LogP contribution in [0.3, 0.4) is 0 Å². The van der Waals surface area contributed by atoms with Crippen molar-refractivity contribution in [1.82, 2.24) is 0 Å². The molecule has 0 saturated carbocycles. The first-order valence-electron chi connectivity index (χ1n) is 9.36. The molecule has 1 amide bonds. The summed E-state index contributed by atoms with van der Waals surface area (Å²) in [6, 6.07) is 3.59. The number of carbonyl (C=O) groups is 3. The van der Waals surface area contributed by atoms with E-state index in [1.165, 1.54) is 56.7 Å². The molecule has 3 N–H and O–H groups in total. The zero-order chi connectivity index (χ0) is 19.4. The highest BCUT2D eigenvalue weighted by Gasteiger charge is 2.15. The summed E-state index contributed by atoms with van der Waals surface area (Å²) in [4.78, 5) is 34.3. The zero-order valence-corrected chi connectivity index (χ0v) is 15.4. The maximum atomic E-state index is 12.0. The molecule has 0 heterocycles. The monoisotopic (exact) mass is 363 g/mol. The third-order valence-electron chi connectivity index (χ3n) is 4.28. The van der Waals surface area contributed by atoms with Crippen LogP contribution in [0.2, 0.25) is 0 Å². The molecule has 0 bridgehead atoms. The number of anilines is 1. The number of aromatic carboxylic acids is 2. The molecule has 0 saturated heterocycles. The van der Waals surface area contributed by atoms with E-state index in [0.717, 1.165) is 19.3 Å². The Morgan fingerprint density at radius 2 is 1.42 bits per heavy atom. The summed E-state index contributed by atoms with van der Waals surface area (Å²) >= 11 is 0. The lowest BCUT2D eigenvalue weighted by molar-refractivity contribution is -0.116. The van der Waals surface area contributed by atoms with Crippen LogP contribution in [0.1, 0.15) is 91.8 Å². The number of nitrogens with one attached hydrogen (secondary N) is 1. The Kier molecular flexibility index (Phi) is 10.1. The highest BCUT2D eigenvalue weighted by atomic mass is 16.4. The molecule has 1 rings (SSSR count). The van der Waals surface area contributed by atoms with Crippen molar-refractivity contribution in [2.75, 3.05) is 5.32 Å². The van der Waals surface area contributed by atoms with Crippen molar-refractivity contribution in [3.8, 4) is 0 Å². The molecule has 26 heavy (non-hydrogen) atoms. The minimum absolute atomic E-state index is 0.0262. The fourth-order valence-corrected chi connectivity index (χ4v) is 2.78. The smallest absolute Gasteiger partial charge is 0.337 e. The van der Waals surface area contributed by atoms with Crippen molar-refractivity contribution in [3.63, 3.8) is 0 Å². The largest absolute Gasteiger partial charge is 0.478 e. The highest BCUT2D eigenvalue weighted by Crippen LogP contribution is 2.19. The van der Waals surface area contributed by atoms with E-state index in [1.54, 1.807) is 0 Å². The molecule has 0 aliphatic carbocycles. The van der Waals surface area contributed by atoms with Crippen LogP contribution in [-0.4, -0.2) is 28.1 Å². The molecule has 6 nitrogen and oxygen atoms in total. The number of benzene rings is 1. The molecule has 144 valence electrons. The van der Waals surface area contributed by atoms with Gasteiger partial charge in [-0.3, -0.25) is 4.79 Å². The first-order valence-corrected chi connectivity index (χ1v) is 9.36. The summed E-state index contributed by atoms with van der Waals surface area (Å²) < 4.78 is 0. The van der Waals surface area contributed by atoms with Gasteiger partial charge < -0.3 is 15.5 Å². The maximum Gasteiger partial charge on any atom is 0.337 e. The molecule has 0 aliphatic rings. The molecule has 0 atom stereocenters.